The van der Waals surface area contributed by atoms with Crippen LogP contribution in [0.3, 0.4) is 0 Å². The van der Waals surface area contributed by atoms with E-state index in [1.165, 1.54) is 11.5 Å². The molecule has 0 aliphatic carbocycles. The molecule has 11 heteroatoms. The Morgan fingerprint density at radius 2 is 1.83 bits per heavy atom. The van der Waals surface area contributed by atoms with Gasteiger partial charge in [-0.2, -0.15) is 0 Å². The fourth-order valence-corrected chi connectivity index (χ4v) is 4.08. The SMILES string of the molecule is CCOC(OCC)[C@H](C)NN(C(=O)O)C(C=O)C(Cc1csnn1)c1ccc(OC(C)(C)C)cc1. The van der Waals surface area contributed by atoms with Crippen LogP contribution in [0.25, 0.3) is 0 Å². The van der Waals surface area contributed by atoms with Crippen LogP contribution in [0.15, 0.2) is 29.6 Å². The van der Waals surface area contributed by atoms with Gasteiger partial charge in [0.05, 0.1) is 11.7 Å². The number of aromatic nitrogens is 2. The van der Waals surface area contributed by atoms with Crippen LogP contribution in [0.1, 0.15) is 58.7 Å². The maximum atomic E-state index is 12.4. The van der Waals surface area contributed by atoms with E-state index in [0.29, 0.717) is 37.4 Å². The molecular weight excluding hydrogens is 472 g/mol. The van der Waals surface area contributed by atoms with Gasteiger partial charge in [-0.1, -0.05) is 16.6 Å². The van der Waals surface area contributed by atoms with E-state index >= 15 is 0 Å². The molecule has 2 N–H and O–H groups in total. The van der Waals surface area contributed by atoms with Crippen molar-refractivity contribution in [3.05, 3.63) is 40.9 Å². The number of hydrazine groups is 1. The highest BCUT2D eigenvalue weighted by molar-refractivity contribution is 7.03. The Bertz CT molecular complexity index is 898. The zero-order valence-corrected chi connectivity index (χ0v) is 21.9. The van der Waals surface area contributed by atoms with Crippen LogP contribution < -0.4 is 10.2 Å². The molecule has 10 nitrogen and oxygen atoms in total. The van der Waals surface area contributed by atoms with Crippen LogP contribution in [0, 0.1) is 0 Å². The first-order chi connectivity index (χ1) is 16.6. The number of nitrogens with zero attached hydrogens (tertiary/aromatic N) is 3. The average molecular weight is 509 g/mol. The second-order valence-electron chi connectivity index (χ2n) is 8.97. The predicted octanol–water partition coefficient (Wildman–Crippen LogP) is 3.88. The largest absolute Gasteiger partial charge is 0.488 e. The topological polar surface area (TPSA) is 123 Å². The monoisotopic (exact) mass is 508 g/mol. The first-order valence-corrected chi connectivity index (χ1v) is 12.4. The summed E-state index contributed by atoms with van der Waals surface area (Å²) in [5, 5.41) is 16.9. The summed E-state index contributed by atoms with van der Waals surface area (Å²) in [7, 11) is 0. The molecule has 1 heterocycles. The van der Waals surface area contributed by atoms with Crippen molar-refractivity contribution >= 4 is 23.9 Å². The number of carboxylic acid groups (broad SMARTS) is 1. The third-order valence-corrected chi connectivity index (χ3v) is 5.59. The van der Waals surface area contributed by atoms with Crippen molar-refractivity contribution in [3.8, 4) is 5.75 Å². The van der Waals surface area contributed by atoms with Crippen LogP contribution in [-0.4, -0.2) is 69.3 Å². The van der Waals surface area contributed by atoms with E-state index < -0.39 is 30.4 Å². The Morgan fingerprint density at radius 1 is 1.20 bits per heavy atom. The first-order valence-electron chi connectivity index (χ1n) is 11.6. The minimum Gasteiger partial charge on any atom is -0.488 e. The Labute approximate surface area is 210 Å². The predicted molar refractivity (Wildman–Crippen MR) is 133 cm³/mol. The van der Waals surface area contributed by atoms with Crippen LogP contribution in [0.2, 0.25) is 0 Å². The van der Waals surface area contributed by atoms with Crippen LogP contribution in [-0.2, 0) is 20.7 Å². The molecule has 2 aromatic rings. The lowest BCUT2D eigenvalue weighted by atomic mass is 9.87. The lowest BCUT2D eigenvalue weighted by Crippen LogP contribution is -2.58. The van der Waals surface area contributed by atoms with E-state index in [1.54, 1.807) is 12.3 Å². The van der Waals surface area contributed by atoms with Gasteiger partial charge in [0.15, 0.2) is 6.29 Å². The molecule has 1 amide bonds. The highest BCUT2D eigenvalue weighted by Gasteiger charge is 2.35. The van der Waals surface area contributed by atoms with Gasteiger partial charge in [-0.05, 0) is 70.8 Å². The number of rotatable bonds is 14. The van der Waals surface area contributed by atoms with Crippen molar-refractivity contribution in [1.82, 2.24) is 20.0 Å². The lowest BCUT2D eigenvalue weighted by Gasteiger charge is -2.35. The van der Waals surface area contributed by atoms with Crippen LogP contribution in [0.4, 0.5) is 4.79 Å². The van der Waals surface area contributed by atoms with E-state index in [2.05, 4.69) is 15.0 Å². The average Bonchev–Trinajstić information content (AvgIpc) is 3.30. The molecule has 2 unspecified atom stereocenters. The molecule has 2 rings (SSSR count). The summed E-state index contributed by atoms with van der Waals surface area (Å²) in [6, 6.07) is 5.71. The second kappa shape index (κ2) is 13.5. The molecule has 0 saturated heterocycles. The molecule has 0 aliphatic rings. The van der Waals surface area contributed by atoms with Gasteiger partial charge in [0.1, 0.15) is 23.7 Å². The summed E-state index contributed by atoms with van der Waals surface area (Å²) in [5.74, 6) is 0.143. The third-order valence-electron chi connectivity index (χ3n) is 5.04. The highest BCUT2D eigenvalue weighted by atomic mass is 32.1. The van der Waals surface area contributed by atoms with E-state index in [4.69, 9.17) is 14.2 Å². The number of carbonyl (C=O) groups excluding carboxylic acids is 1. The van der Waals surface area contributed by atoms with Gasteiger partial charge >= 0.3 is 6.09 Å². The molecular formula is C24H36N4O6S. The van der Waals surface area contributed by atoms with Crippen LogP contribution in [0.5, 0.6) is 5.75 Å². The summed E-state index contributed by atoms with van der Waals surface area (Å²) >= 11 is 1.20. The molecule has 0 saturated carbocycles. The fraction of sp³-hybridized carbons (Fsp3) is 0.583. The molecule has 0 aliphatic heterocycles. The van der Waals surface area contributed by atoms with Gasteiger partial charge in [-0.15, -0.1) is 5.10 Å². The summed E-state index contributed by atoms with van der Waals surface area (Å²) in [6.07, 6.45) is -1.03. The van der Waals surface area contributed by atoms with E-state index in [0.717, 1.165) is 10.6 Å². The number of aldehydes is 1. The summed E-state index contributed by atoms with van der Waals surface area (Å²) in [5.41, 5.74) is 3.97. The minimum absolute atomic E-state index is 0.319. The molecule has 0 radical (unpaired) electrons. The minimum atomic E-state index is -1.30. The zero-order chi connectivity index (χ0) is 26.0. The number of benzene rings is 1. The van der Waals surface area contributed by atoms with Gasteiger partial charge < -0.3 is 24.1 Å². The van der Waals surface area contributed by atoms with Crippen molar-refractivity contribution in [2.75, 3.05) is 13.2 Å². The van der Waals surface area contributed by atoms with Gasteiger partial charge in [0.2, 0.25) is 0 Å². The number of hydrogen-bond donors (Lipinski definition) is 2. The van der Waals surface area contributed by atoms with Crippen molar-refractivity contribution < 1.29 is 28.9 Å². The molecule has 0 bridgehead atoms. The Morgan fingerprint density at radius 3 is 2.29 bits per heavy atom. The van der Waals surface area contributed by atoms with Gasteiger partial charge in [-0.3, -0.25) is 0 Å². The molecule has 1 aromatic carbocycles. The third kappa shape index (κ3) is 8.84. The number of carbonyl (C=O) groups is 2. The molecule has 35 heavy (non-hydrogen) atoms. The van der Waals surface area contributed by atoms with Crippen LogP contribution >= 0.6 is 11.5 Å². The molecule has 3 atom stereocenters. The van der Waals surface area contributed by atoms with Gasteiger partial charge in [0.25, 0.3) is 0 Å². The van der Waals surface area contributed by atoms with Gasteiger partial charge in [-0.25, -0.2) is 15.2 Å². The van der Waals surface area contributed by atoms with E-state index in [-0.39, 0.29) is 5.60 Å². The van der Waals surface area contributed by atoms with Crippen molar-refractivity contribution in [1.29, 1.82) is 0 Å². The smallest absolute Gasteiger partial charge is 0.422 e. The first kappa shape index (κ1) is 28.6. The van der Waals surface area contributed by atoms with Crippen molar-refractivity contribution in [3.63, 3.8) is 0 Å². The van der Waals surface area contributed by atoms with Gasteiger partial charge in [0, 0.05) is 30.9 Å². The number of hydrogen-bond acceptors (Lipinski definition) is 9. The summed E-state index contributed by atoms with van der Waals surface area (Å²) in [6.45, 7) is 12.0. The molecule has 194 valence electrons. The molecule has 0 spiro atoms. The molecule has 0 fully saturated rings. The quantitative estimate of drug-likeness (QED) is 0.222. The second-order valence-corrected chi connectivity index (χ2v) is 9.58. The zero-order valence-electron chi connectivity index (χ0n) is 21.1. The lowest BCUT2D eigenvalue weighted by molar-refractivity contribution is -0.160. The van der Waals surface area contributed by atoms with Crippen molar-refractivity contribution in [2.45, 2.75) is 77.9 Å². The number of amides is 1. The molecule has 1 aromatic heterocycles. The van der Waals surface area contributed by atoms with Crippen molar-refractivity contribution in [2.24, 2.45) is 0 Å². The normalized spacial score (nSPS) is 14.4. The Balaban J connectivity index is 2.38. The maximum absolute atomic E-state index is 12.4. The Kier molecular flexibility index (Phi) is 11.0. The summed E-state index contributed by atoms with van der Waals surface area (Å²) in [4.78, 5) is 24.7. The number of ether oxygens (including phenoxy) is 3. The fourth-order valence-electron chi connectivity index (χ4n) is 3.62. The van der Waals surface area contributed by atoms with E-state index in [9.17, 15) is 14.7 Å². The number of nitrogens with one attached hydrogen (secondary N) is 1. The summed E-state index contributed by atoms with van der Waals surface area (Å²) < 4.78 is 21.0. The standard InChI is InChI=1S/C24H36N4O6S/c1-7-32-22(33-8-2)16(3)26-28(23(30)31)21(14-29)20(13-18-15-35-27-25-18)17-9-11-19(12-10-17)34-24(4,5)6/h9-12,14-16,20-22,26H,7-8,13H2,1-6H3,(H,30,31)/t16-,20?,21?/m0/s1. The van der Waals surface area contributed by atoms with E-state index in [1.807, 2.05) is 58.9 Å². The maximum Gasteiger partial charge on any atom is 0.422 e. The highest BCUT2D eigenvalue weighted by Crippen LogP contribution is 2.29. The Hall–Kier alpha value is -2.60.